The predicted octanol–water partition coefficient (Wildman–Crippen LogP) is 0.529. The summed E-state index contributed by atoms with van der Waals surface area (Å²) in [7, 11) is 0. The zero-order valence-electron chi connectivity index (χ0n) is 6.21. The highest BCUT2D eigenvalue weighted by Gasteiger charge is 2.43. The molecule has 2 aliphatic rings. The summed E-state index contributed by atoms with van der Waals surface area (Å²) in [5.74, 6) is -0.407. The van der Waals surface area contributed by atoms with Crippen molar-refractivity contribution in [1.29, 1.82) is 0 Å². The fourth-order valence-electron chi connectivity index (χ4n) is 1.91. The highest BCUT2D eigenvalue weighted by Crippen LogP contribution is 2.32. The van der Waals surface area contributed by atoms with E-state index in [0.717, 1.165) is 12.8 Å². The van der Waals surface area contributed by atoms with E-state index < -0.39 is 5.92 Å². The quantitative estimate of drug-likeness (QED) is 0.377. The number of rotatable bonds is 0. The van der Waals surface area contributed by atoms with E-state index in [1.807, 2.05) is 0 Å². The fraction of sp³-hybridized carbons (Fsp3) is 0.750. The topological polar surface area (TPSA) is 43.4 Å². The summed E-state index contributed by atoms with van der Waals surface area (Å²) in [6.45, 7) is 0.468. The van der Waals surface area contributed by atoms with Crippen LogP contribution in [0.2, 0.25) is 0 Å². The van der Waals surface area contributed by atoms with Crippen LogP contribution in [-0.4, -0.2) is 18.4 Å². The molecule has 11 heavy (non-hydrogen) atoms. The Kier molecular flexibility index (Phi) is 1.44. The maximum atomic E-state index is 11.2. The first kappa shape index (κ1) is 6.83. The fourth-order valence-corrected chi connectivity index (χ4v) is 1.91. The minimum atomic E-state index is -0.399. The number of ether oxygens (including phenoxy) is 1. The van der Waals surface area contributed by atoms with Gasteiger partial charge in [-0.2, -0.15) is 0 Å². The number of hydrogen-bond donors (Lipinski definition) is 0. The Labute approximate surface area is 64.7 Å². The summed E-state index contributed by atoms with van der Waals surface area (Å²) in [6.07, 6.45) is 2.47. The molecule has 3 nitrogen and oxygen atoms in total. The van der Waals surface area contributed by atoms with Crippen LogP contribution in [0.5, 0.6) is 0 Å². The van der Waals surface area contributed by atoms with Gasteiger partial charge in [-0.15, -0.1) is 0 Å². The SMILES string of the molecule is O=C1CCC[C@H]2COC(=O)[C@@H]12. The summed E-state index contributed by atoms with van der Waals surface area (Å²) in [6, 6.07) is 0. The molecule has 1 saturated heterocycles. The van der Waals surface area contributed by atoms with E-state index in [-0.39, 0.29) is 17.7 Å². The molecule has 0 aromatic heterocycles. The second-order valence-electron chi connectivity index (χ2n) is 3.23. The minimum Gasteiger partial charge on any atom is -0.465 e. The van der Waals surface area contributed by atoms with Gasteiger partial charge in [-0.05, 0) is 12.8 Å². The summed E-state index contributed by atoms with van der Waals surface area (Å²) < 4.78 is 4.81. The third kappa shape index (κ3) is 0.951. The van der Waals surface area contributed by atoms with Crippen LogP contribution in [0, 0.1) is 11.8 Å². The first-order chi connectivity index (χ1) is 5.29. The molecule has 2 fully saturated rings. The predicted molar refractivity (Wildman–Crippen MR) is 36.8 cm³/mol. The average Bonchev–Trinajstić information content (AvgIpc) is 2.34. The van der Waals surface area contributed by atoms with E-state index in [2.05, 4.69) is 0 Å². The molecule has 0 N–H and O–H groups in total. The van der Waals surface area contributed by atoms with Gasteiger partial charge in [0.25, 0.3) is 0 Å². The van der Waals surface area contributed by atoms with Gasteiger partial charge < -0.3 is 4.74 Å². The standard InChI is InChI=1S/C8H10O3/c9-6-3-1-2-5-4-11-8(10)7(5)6/h5,7H,1-4H2/t5-,7+/m0/s1. The Morgan fingerprint density at radius 3 is 2.91 bits per heavy atom. The minimum absolute atomic E-state index is 0.0868. The second kappa shape index (κ2) is 2.32. The molecule has 0 unspecified atom stereocenters. The molecule has 0 aromatic carbocycles. The van der Waals surface area contributed by atoms with Crippen molar-refractivity contribution in [3.05, 3.63) is 0 Å². The van der Waals surface area contributed by atoms with Gasteiger partial charge in [0.05, 0.1) is 6.61 Å². The molecule has 3 heteroatoms. The Morgan fingerprint density at radius 1 is 1.36 bits per heavy atom. The molecule has 0 radical (unpaired) electrons. The van der Waals surface area contributed by atoms with Crippen LogP contribution in [0.1, 0.15) is 19.3 Å². The van der Waals surface area contributed by atoms with Crippen LogP contribution in [0.3, 0.4) is 0 Å². The monoisotopic (exact) mass is 154 g/mol. The van der Waals surface area contributed by atoms with Crippen molar-refractivity contribution in [1.82, 2.24) is 0 Å². The van der Waals surface area contributed by atoms with Gasteiger partial charge in [-0.25, -0.2) is 0 Å². The molecule has 0 bridgehead atoms. The Bertz CT molecular complexity index is 209. The Balaban J connectivity index is 2.21. The highest BCUT2D eigenvalue weighted by molar-refractivity contribution is 6.00. The summed E-state index contributed by atoms with van der Waals surface area (Å²) >= 11 is 0. The number of fused-ring (bicyclic) bond motifs is 1. The van der Waals surface area contributed by atoms with Crippen molar-refractivity contribution in [3.63, 3.8) is 0 Å². The maximum absolute atomic E-state index is 11.2. The number of carbonyl (C=O) groups excluding carboxylic acids is 2. The third-order valence-electron chi connectivity index (χ3n) is 2.51. The second-order valence-corrected chi connectivity index (χ2v) is 3.23. The number of cyclic esters (lactones) is 1. The van der Waals surface area contributed by atoms with Gasteiger partial charge in [-0.1, -0.05) is 0 Å². The van der Waals surface area contributed by atoms with Crippen LogP contribution in [0.15, 0.2) is 0 Å². The molecular formula is C8H10O3. The van der Waals surface area contributed by atoms with Crippen LogP contribution >= 0.6 is 0 Å². The molecule has 0 aromatic rings. The lowest BCUT2D eigenvalue weighted by atomic mass is 9.80. The van der Waals surface area contributed by atoms with Crippen LogP contribution in [-0.2, 0) is 14.3 Å². The highest BCUT2D eigenvalue weighted by atomic mass is 16.5. The smallest absolute Gasteiger partial charge is 0.316 e. The molecule has 2 rings (SSSR count). The van der Waals surface area contributed by atoms with Crippen LogP contribution < -0.4 is 0 Å². The van der Waals surface area contributed by atoms with Gasteiger partial charge in [0.2, 0.25) is 0 Å². The van der Waals surface area contributed by atoms with Gasteiger partial charge in [0, 0.05) is 12.3 Å². The molecule has 0 spiro atoms. The number of Topliss-reactive ketones (excluding diaryl/α,β-unsaturated/α-hetero) is 1. The van der Waals surface area contributed by atoms with Gasteiger partial charge in [0.15, 0.2) is 0 Å². The van der Waals surface area contributed by atoms with Crippen LogP contribution in [0.4, 0.5) is 0 Å². The first-order valence-corrected chi connectivity index (χ1v) is 3.98. The number of ketones is 1. The van der Waals surface area contributed by atoms with Crippen molar-refractivity contribution in [3.8, 4) is 0 Å². The molecule has 1 saturated carbocycles. The average molecular weight is 154 g/mol. The molecule has 0 amide bonds. The van der Waals surface area contributed by atoms with E-state index >= 15 is 0 Å². The number of carbonyl (C=O) groups is 2. The Morgan fingerprint density at radius 2 is 2.18 bits per heavy atom. The van der Waals surface area contributed by atoms with Crippen LogP contribution in [0.25, 0.3) is 0 Å². The Hall–Kier alpha value is -0.860. The third-order valence-corrected chi connectivity index (χ3v) is 2.51. The molecular weight excluding hydrogens is 144 g/mol. The van der Waals surface area contributed by atoms with E-state index in [1.165, 1.54) is 0 Å². The van der Waals surface area contributed by atoms with E-state index in [4.69, 9.17) is 4.74 Å². The molecule has 1 aliphatic carbocycles. The van der Waals surface area contributed by atoms with Gasteiger partial charge in [-0.3, -0.25) is 9.59 Å². The zero-order chi connectivity index (χ0) is 7.84. The molecule has 1 aliphatic heterocycles. The molecule has 60 valence electrons. The van der Waals surface area contributed by atoms with Crippen molar-refractivity contribution >= 4 is 11.8 Å². The normalized spacial score (nSPS) is 36.7. The lowest BCUT2D eigenvalue weighted by Gasteiger charge is -2.18. The summed E-state index contributed by atoms with van der Waals surface area (Å²) in [5.41, 5.74) is 0. The lowest BCUT2D eigenvalue weighted by Crippen LogP contribution is -2.29. The summed E-state index contributed by atoms with van der Waals surface area (Å²) in [5, 5.41) is 0. The van der Waals surface area contributed by atoms with Crippen molar-refractivity contribution < 1.29 is 14.3 Å². The van der Waals surface area contributed by atoms with Crippen molar-refractivity contribution in [2.75, 3.05) is 6.61 Å². The maximum Gasteiger partial charge on any atom is 0.316 e. The first-order valence-electron chi connectivity index (χ1n) is 3.98. The van der Waals surface area contributed by atoms with E-state index in [1.54, 1.807) is 0 Å². The molecule has 2 atom stereocenters. The van der Waals surface area contributed by atoms with Gasteiger partial charge >= 0.3 is 5.97 Å². The van der Waals surface area contributed by atoms with Crippen molar-refractivity contribution in [2.24, 2.45) is 11.8 Å². The van der Waals surface area contributed by atoms with Gasteiger partial charge in [0.1, 0.15) is 11.7 Å². The van der Waals surface area contributed by atoms with E-state index in [9.17, 15) is 9.59 Å². The van der Waals surface area contributed by atoms with Crippen molar-refractivity contribution in [2.45, 2.75) is 19.3 Å². The largest absolute Gasteiger partial charge is 0.465 e. The zero-order valence-corrected chi connectivity index (χ0v) is 6.21. The number of hydrogen-bond acceptors (Lipinski definition) is 3. The lowest BCUT2D eigenvalue weighted by molar-refractivity contribution is -0.145. The van der Waals surface area contributed by atoms with E-state index in [0.29, 0.717) is 13.0 Å². The molecule has 1 heterocycles. The summed E-state index contributed by atoms with van der Waals surface area (Å²) in [4.78, 5) is 22.2. The number of esters is 1.